The van der Waals surface area contributed by atoms with Crippen molar-refractivity contribution in [2.45, 2.75) is 9.92 Å². The van der Waals surface area contributed by atoms with E-state index < -0.39 is 11.8 Å². The third kappa shape index (κ3) is 4.11. The molecule has 0 aliphatic carbocycles. The molecule has 1 aliphatic rings. The zero-order chi connectivity index (χ0) is 22.1. The van der Waals surface area contributed by atoms with Gasteiger partial charge in [0.05, 0.1) is 5.03 Å². The van der Waals surface area contributed by atoms with Crippen molar-refractivity contribution >= 4 is 73.8 Å². The van der Waals surface area contributed by atoms with Crippen molar-refractivity contribution < 1.29 is 9.59 Å². The Bertz CT molecular complexity index is 1260. The van der Waals surface area contributed by atoms with E-state index in [4.69, 9.17) is 12.2 Å². The van der Waals surface area contributed by atoms with Gasteiger partial charge >= 0.3 is 0 Å². The molecule has 0 atom stereocenters. The normalized spacial score (nSPS) is 15.6. The van der Waals surface area contributed by atoms with Crippen molar-refractivity contribution in [1.82, 2.24) is 14.8 Å². The summed E-state index contributed by atoms with van der Waals surface area (Å²) < 4.78 is 3.07. The van der Waals surface area contributed by atoms with Crippen molar-refractivity contribution in [3.8, 4) is 0 Å². The number of aryl methyl sites for hydroxylation is 1. The van der Waals surface area contributed by atoms with Gasteiger partial charge in [-0.2, -0.15) is 0 Å². The number of amides is 2. The van der Waals surface area contributed by atoms with Gasteiger partial charge in [0.2, 0.25) is 0 Å². The summed E-state index contributed by atoms with van der Waals surface area (Å²) in [5.41, 5.74) is 1.87. The number of fused-ring (bicyclic) bond motifs is 1. The number of thiocarbonyl (C=S) groups is 1. The number of hydrogen-bond donors (Lipinski definition) is 1. The van der Waals surface area contributed by atoms with E-state index in [1.165, 1.54) is 4.90 Å². The molecular formula is C23H18BrN3O2S2. The average Bonchev–Trinajstić information content (AvgIpc) is 3.01. The van der Waals surface area contributed by atoms with Crippen LogP contribution in [-0.4, -0.2) is 32.9 Å². The molecule has 156 valence electrons. The van der Waals surface area contributed by atoms with Gasteiger partial charge in [-0.1, -0.05) is 52.0 Å². The largest absolute Gasteiger partial charge is 0.338 e. The first-order valence-electron chi connectivity index (χ1n) is 9.41. The minimum atomic E-state index is -0.497. The van der Waals surface area contributed by atoms with Crippen LogP contribution in [0.5, 0.6) is 0 Å². The van der Waals surface area contributed by atoms with Crippen LogP contribution in [0.2, 0.25) is 0 Å². The fraction of sp³-hybridized carbons (Fsp3) is 0.0870. The smallest absolute Gasteiger partial charge is 0.265 e. The zero-order valence-electron chi connectivity index (χ0n) is 16.6. The van der Waals surface area contributed by atoms with E-state index in [9.17, 15) is 9.59 Å². The van der Waals surface area contributed by atoms with E-state index in [1.807, 2.05) is 55.6 Å². The molecule has 8 heteroatoms. The second-order valence-electron chi connectivity index (χ2n) is 6.87. The van der Waals surface area contributed by atoms with Crippen LogP contribution in [0.4, 0.5) is 0 Å². The number of rotatable bonds is 5. The molecule has 5 nitrogen and oxygen atoms in total. The van der Waals surface area contributed by atoms with Gasteiger partial charge < -0.3 is 4.57 Å². The molecule has 3 aromatic rings. The Hall–Kier alpha value is -2.68. The van der Waals surface area contributed by atoms with Crippen LogP contribution in [-0.2, 0) is 16.6 Å². The van der Waals surface area contributed by atoms with Gasteiger partial charge in [-0.05, 0) is 48.6 Å². The van der Waals surface area contributed by atoms with Crippen molar-refractivity contribution in [3.05, 3.63) is 76.8 Å². The minimum Gasteiger partial charge on any atom is -0.338 e. The first-order chi connectivity index (χ1) is 14.9. The Morgan fingerprint density at radius 3 is 2.58 bits per heavy atom. The Kier molecular flexibility index (Phi) is 6.13. The zero-order valence-corrected chi connectivity index (χ0v) is 19.8. The number of aromatic nitrogens is 1. The van der Waals surface area contributed by atoms with Crippen molar-refractivity contribution in [2.24, 2.45) is 7.05 Å². The topological polar surface area (TPSA) is 54.3 Å². The molecule has 1 fully saturated rings. The fourth-order valence-electron chi connectivity index (χ4n) is 3.41. The summed E-state index contributed by atoms with van der Waals surface area (Å²) in [7, 11) is 1.98. The molecule has 1 aliphatic heterocycles. The average molecular weight is 512 g/mol. The number of para-hydroxylation sites is 1. The third-order valence-electron chi connectivity index (χ3n) is 4.90. The van der Waals surface area contributed by atoms with Gasteiger partial charge in [0, 0.05) is 39.4 Å². The number of hydrogen-bond acceptors (Lipinski definition) is 4. The molecule has 1 saturated heterocycles. The number of halogens is 1. The van der Waals surface area contributed by atoms with Gasteiger partial charge in [-0.15, -0.1) is 6.58 Å². The Balaban J connectivity index is 1.87. The van der Waals surface area contributed by atoms with Crippen LogP contribution >= 0.6 is 39.9 Å². The SMILES string of the molecule is C=CCN1C(=O)/C(=C/c2c(Sc3ccc(Br)cc3)n(C)c3ccccc23)C(=O)NC1=S. The highest BCUT2D eigenvalue weighted by molar-refractivity contribution is 9.10. The summed E-state index contributed by atoms with van der Waals surface area (Å²) in [6.07, 6.45) is 3.24. The molecule has 2 aromatic carbocycles. The molecule has 2 amide bonds. The van der Waals surface area contributed by atoms with E-state index in [0.717, 1.165) is 30.9 Å². The quantitative estimate of drug-likeness (QED) is 0.229. The highest BCUT2D eigenvalue weighted by Gasteiger charge is 2.33. The van der Waals surface area contributed by atoms with Crippen molar-refractivity contribution in [1.29, 1.82) is 0 Å². The van der Waals surface area contributed by atoms with Crippen LogP contribution < -0.4 is 5.32 Å². The molecule has 0 bridgehead atoms. The van der Waals surface area contributed by atoms with Crippen molar-refractivity contribution in [3.63, 3.8) is 0 Å². The number of carbonyl (C=O) groups excluding carboxylic acids is 2. The fourth-order valence-corrected chi connectivity index (χ4v) is 4.93. The maximum absolute atomic E-state index is 13.0. The molecule has 0 saturated carbocycles. The summed E-state index contributed by atoms with van der Waals surface area (Å²) in [6, 6.07) is 15.9. The molecule has 2 heterocycles. The first-order valence-corrected chi connectivity index (χ1v) is 11.4. The lowest BCUT2D eigenvalue weighted by Crippen LogP contribution is -2.53. The Morgan fingerprint density at radius 2 is 1.87 bits per heavy atom. The molecular weight excluding hydrogens is 494 g/mol. The standard InChI is InChI=1S/C23H18BrN3O2S2/c1-3-12-27-21(29)18(20(28)25-23(27)30)13-17-16-6-4-5-7-19(16)26(2)22(17)31-15-10-8-14(24)9-11-15/h3-11,13H,1,12H2,2H3,(H,25,28,30)/b18-13+. The van der Waals surface area contributed by atoms with Crippen LogP contribution in [0.25, 0.3) is 17.0 Å². The van der Waals surface area contributed by atoms with Gasteiger partial charge in [0.25, 0.3) is 11.8 Å². The van der Waals surface area contributed by atoms with Crippen LogP contribution in [0.1, 0.15) is 5.56 Å². The summed E-state index contributed by atoms with van der Waals surface area (Å²) in [6.45, 7) is 3.89. The number of nitrogens with zero attached hydrogens (tertiary/aromatic N) is 2. The van der Waals surface area contributed by atoms with Gasteiger partial charge in [0.15, 0.2) is 5.11 Å². The van der Waals surface area contributed by atoms with Gasteiger partial charge in [-0.25, -0.2) is 0 Å². The lowest BCUT2D eigenvalue weighted by Gasteiger charge is -2.27. The summed E-state index contributed by atoms with van der Waals surface area (Å²) in [5.74, 6) is -0.927. The van der Waals surface area contributed by atoms with Crippen LogP contribution in [0.3, 0.4) is 0 Å². The molecule has 0 radical (unpaired) electrons. The van der Waals surface area contributed by atoms with E-state index in [1.54, 1.807) is 23.9 Å². The van der Waals surface area contributed by atoms with E-state index >= 15 is 0 Å². The lowest BCUT2D eigenvalue weighted by molar-refractivity contribution is -0.128. The predicted octanol–water partition coefficient (Wildman–Crippen LogP) is 4.90. The summed E-state index contributed by atoms with van der Waals surface area (Å²) in [5, 5.41) is 4.59. The number of carbonyl (C=O) groups is 2. The third-order valence-corrected chi connectivity index (χ3v) is 6.95. The number of benzene rings is 2. The maximum Gasteiger partial charge on any atom is 0.265 e. The first kappa shape index (κ1) is 21.5. The molecule has 1 N–H and O–H groups in total. The molecule has 0 spiro atoms. The van der Waals surface area contributed by atoms with E-state index in [-0.39, 0.29) is 17.2 Å². The molecule has 1 aromatic heterocycles. The lowest BCUT2D eigenvalue weighted by atomic mass is 10.1. The molecule has 31 heavy (non-hydrogen) atoms. The summed E-state index contributed by atoms with van der Waals surface area (Å²) in [4.78, 5) is 28.1. The van der Waals surface area contributed by atoms with Crippen LogP contribution in [0.15, 0.2) is 81.2 Å². The van der Waals surface area contributed by atoms with Gasteiger partial charge in [-0.3, -0.25) is 19.8 Å². The maximum atomic E-state index is 13.0. The van der Waals surface area contributed by atoms with Gasteiger partial charge in [0.1, 0.15) is 5.57 Å². The second kappa shape index (κ2) is 8.82. The molecule has 0 unspecified atom stereocenters. The molecule has 4 rings (SSSR count). The summed E-state index contributed by atoms with van der Waals surface area (Å²) >= 11 is 10.2. The highest BCUT2D eigenvalue weighted by Crippen LogP contribution is 2.38. The minimum absolute atomic E-state index is 0.0458. The predicted molar refractivity (Wildman–Crippen MR) is 132 cm³/mol. The monoisotopic (exact) mass is 511 g/mol. The highest BCUT2D eigenvalue weighted by atomic mass is 79.9. The second-order valence-corrected chi connectivity index (χ2v) is 9.24. The van der Waals surface area contributed by atoms with E-state index in [0.29, 0.717) is 0 Å². The Labute approximate surface area is 197 Å². The van der Waals surface area contributed by atoms with Crippen LogP contribution in [0, 0.1) is 0 Å². The van der Waals surface area contributed by atoms with Crippen molar-refractivity contribution in [2.75, 3.05) is 6.54 Å². The van der Waals surface area contributed by atoms with E-state index in [2.05, 4.69) is 32.4 Å². The Morgan fingerprint density at radius 1 is 1.16 bits per heavy atom. The number of nitrogens with one attached hydrogen (secondary N) is 1.